The van der Waals surface area contributed by atoms with Gasteiger partial charge in [-0.25, -0.2) is 9.79 Å². The summed E-state index contributed by atoms with van der Waals surface area (Å²) in [6, 6.07) is 15.1. The van der Waals surface area contributed by atoms with E-state index < -0.39 is 12.2 Å². The van der Waals surface area contributed by atoms with Crippen LogP contribution >= 0.6 is 0 Å². The number of aryl methyl sites for hydroxylation is 1. The lowest BCUT2D eigenvalue weighted by Crippen LogP contribution is -2.49. The highest BCUT2D eigenvalue weighted by Gasteiger charge is 2.34. The molecule has 7 nitrogen and oxygen atoms in total. The third kappa shape index (κ3) is 5.35. The van der Waals surface area contributed by atoms with Crippen LogP contribution in [0, 0.1) is 6.92 Å². The number of benzodiazepines with no additional fused rings is 1. The minimum Gasteiger partial charge on any atom is -0.356 e. The van der Waals surface area contributed by atoms with Gasteiger partial charge in [-0.15, -0.1) is 0 Å². The van der Waals surface area contributed by atoms with Gasteiger partial charge in [0, 0.05) is 30.9 Å². The summed E-state index contributed by atoms with van der Waals surface area (Å²) in [5, 5.41) is 5.67. The van der Waals surface area contributed by atoms with Crippen LogP contribution in [-0.2, 0) is 4.79 Å². The Kier molecular flexibility index (Phi) is 7.27. The number of likely N-dealkylation sites (tertiary alicyclic amines) is 1. The van der Waals surface area contributed by atoms with E-state index >= 15 is 0 Å². The van der Waals surface area contributed by atoms with Crippen molar-refractivity contribution in [1.82, 2.24) is 10.2 Å². The topological polar surface area (TPSA) is 77.0 Å². The summed E-state index contributed by atoms with van der Waals surface area (Å²) in [5.41, 5.74) is 3.53. The second-order valence-electron chi connectivity index (χ2n) is 8.73. The SMILES string of the molecule is CCCN1C(=O)[C@H](NC(=O)Nc2cccc(C)c2)N=C(N2CCCCCC2)c2ccccc21. The van der Waals surface area contributed by atoms with Gasteiger partial charge < -0.3 is 20.4 Å². The molecule has 0 bridgehead atoms. The Morgan fingerprint density at radius 1 is 1.06 bits per heavy atom. The number of hydrogen-bond donors (Lipinski definition) is 2. The number of carbonyl (C=O) groups is 2. The third-order valence-electron chi connectivity index (χ3n) is 6.08. The molecule has 7 heteroatoms. The van der Waals surface area contributed by atoms with Crippen molar-refractivity contribution in [3.8, 4) is 0 Å². The van der Waals surface area contributed by atoms with E-state index in [9.17, 15) is 9.59 Å². The van der Waals surface area contributed by atoms with Gasteiger partial charge in [-0.2, -0.15) is 0 Å². The van der Waals surface area contributed by atoms with Crippen molar-refractivity contribution in [3.63, 3.8) is 0 Å². The van der Waals surface area contributed by atoms with Crippen LogP contribution in [0.4, 0.5) is 16.2 Å². The lowest BCUT2D eigenvalue weighted by Gasteiger charge is -2.26. The van der Waals surface area contributed by atoms with Gasteiger partial charge in [-0.1, -0.05) is 44.0 Å². The molecule has 1 saturated heterocycles. The van der Waals surface area contributed by atoms with E-state index in [1.807, 2.05) is 62.4 Å². The summed E-state index contributed by atoms with van der Waals surface area (Å²) in [5.74, 6) is 0.578. The second kappa shape index (κ2) is 10.5. The van der Waals surface area contributed by atoms with E-state index in [4.69, 9.17) is 4.99 Å². The predicted molar refractivity (Wildman–Crippen MR) is 133 cm³/mol. The van der Waals surface area contributed by atoms with Gasteiger partial charge in [-0.3, -0.25) is 4.79 Å². The number of benzene rings is 2. The zero-order valence-corrected chi connectivity index (χ0v) is 19.5. The van der Waals surface area contributed by atoms with Crippen LogP contribution in [-0.4, -0.2) is 48.5 Å². The fourth-order valence-electron chi connectivity index (χ4n) is 4.51. The number of fused-ring (bicyclic) bond motifs is 1. The van der Waals surface area contributed by atoms with Gasteiger partial charge in [0.1, 0.15) is 5.84 Å². The minimum absolute atomic E-state index is 0.214. The van der Waals surface area contributed by atoms with Gasteiger partial charge in [0.25, 0.3) is 5.91 Å². The molecule has 0 unspecified atom stereocenters. The number of urea groups is 1. The molecule has 2 N–H and O–H groups in total. The fraction of sp³-hybridized carbons (Fsp3) is 0.423. The molecule has 0 aromatic heterocycles. The molecule has 2 aliphatic heterocycles. The van der Waals surface area contributed by atoms with Crippen molar-refractivity contribution in [1.29, 1.82) is 0 Å². The molecule has 0 aliphatic carbocycles. The van der Waals surface area contributed by atoms with Crippen LogP contribution in [0.3, 0.4) is 0 Å². The Morgan fingerprint density at radius 3 is 2.55 bits per heavy atom. The van der Waals surface area contributed by atoms with Crippen molar-refractivity contribution in [2.24, 2.45) is 4.99 Å². The highest BCUT2D eigenvalue weighted by molar-refractivity contribution is 6.12. The number of hydrogen-bond acceptors (Lipinski definition) is 4. The van der Waals surface area contributed by atoms with Crippen LogP contribution in [0.1, 0.15) is 50.2 Å². The molecule has 33 heavy (non-hydrogen) atoms. The molecule has 4 rings (SSSR count). The van der Waals surface area contributed by atoms with Crippen LogP contribution in [0.5, 0.6) is 0 Å². The minimum atomic E-state index is -0.994. The molecule has 2 aromatic rings. The van der Waals surface area contributed by atoms with Gasteiger partial charge in [-0.05, 0) is 56.0 Å². The zero-order valence-electron chi connectivity index (χ0n) is 19.5. The van der Waals surface area contributed by atoms with E-state index in [1.165, 1.54) is 12.8 Å². The van der Waals surface area contributed by atoms with Crippen molar-refractivity contribution < 1.29 is 9.59 Å². The average molecular weight is 448 g/mol. The van der Waals surface area contributed by atoms with Gasteiger partial charge in [0.15, 0.2) is 0 Å². The number of aliphatic imine (C=N–C) groups is 1. The molecule has 2 aromatic carbocycles. The Hall–Kier alpha value is -3.35. The standard InChI is InChI=1S/C26H33N5O2/c1-3-15-31-22-14-7-6-13-21(22)24(30-16-8-4-5-9-17-30)28-23(25(31)32)29-26(33)27-20-12-10-11-19(2)18-20/h6-7,10-14,18,23H,3-5,8-9,15-17H2,1-2H3,(H2,27,29,33)/t23-/m0/s1. The number of anilines is 2. The molecular formula is C26H33N5O2. The zero-order chi connectivity index (χ0) is 23.2. The smallest absolute Gasteiger partial charge is 0.321 e. The van der Waals surface area contributed by atoms with E-state index in [2.05, 4.69) is 15.5 Å². The Balaban J connectivity index is 1.67. The van der Waals surface area contributed by atoms with Gasteiger partial charge >= 0.3 is 6.03 Å². The van der Waals surface area contributed by atoms with E-state index in [1.54, 1.807) is 4.90 Å². The summed E-state index contributed by atoms with van der Waals surface area (Å²) in [6.45, 7) is 6.38. The number of para-hydroxylation sites is 1. The summed E-state index contributed by atoms with van der Waals surface area (Å²) in [6.07, 6.45) is 4.41. The molecule has 1 atom stereocenters. The van der Waals surface area contributed by atoms with E-state index in [-0.39, 0.29) is 5.91 Å². The molecule has 2 aliphatic rings. The molecule has 0 radical (unpaired) electrons. The maximum Gasteiger partial charge on any atom is 0.321 e. The lowest BCUT2D eigenvalue weighted by atomic mass is 10.1. The van der Waals surface area contributed by atoms with E-state index in [0.717, 1.165) is 55.0 Å². The summed E-state index contributed by atoms with van der Waals surface area (Å²) in [4.78, 5) is 35.4. The highest BCUT2D eigenvalue weighted by atomic mass is 16.2. The van der Waals surface area contributed by atoms with Crippen LogP contribution in [0.25, 0.3) is 0 Å². The molecule has 0 spiro atoms. The van der Waals surface area contributed by atoms with Crippen molar-refractivity contribution in [2.75, 3.05) is 29.9 Å². The maximum atomic E-state index is 13.6. The number of nitrogens with one attached hydrogen (secondary N) is 2. The maximum absolute atomic E-state index is 13.6. The van der Waals surface area contributed by atoms with Crippen molar-refractivity contribution in [2.45, 2.75) is 52.1 Å². The van der Waals surface area contributed by atoms with Crippen LogP contribution < -0.4 is 15.5 Å². The largest absolute Gasteiger partial charge is 0.356 e. The molecule has 3 amide bonds. The first kappa shape index (κ1) is 22.8. The van der Waals surface area contributed by atoms with E-state index in [0.29, 0.717) is 12.2 Å². The average Bonchev–Trinajstić information content (AvgIpc) is 3.14. The molecule has 174 valence electrons. The van der Waals surface area contributed by atoms with Gasteiger partial charge in [0.05, 0.1) is 5.69 Å². The Labute approximate surface area is 195 Å². The third-order valence-corrected chi connectivity index (χ3v) is 6.08. The summed E-state index contributed by atoms with van der Waals surface area (Å²) >= 11 is 0. The Morgan fingerprint density at radius 2 is 1.82 bits per heavy atom. The Bertz CT molecular complexity index is 1030. The lowest BCUT2D eigenvalue weighted by molar-refractivity contribution is -0.120. The molecule has 2 heterocycles. The summed E-state index contributed by atoms with van der Waals surface area (Å²) < 4.78 is 0. The first-order valence-corrected chi connectivity index (χ1v) is 11.9. The van der Waals surface area contributed by atoms with Crippen molar-refractivity contribution >= 4 is 29.1 Å². The molecule has 1 fully saturated rings. The normalized spacial score (nSPS) is 18.7. The number of amidine groups is 1. The molecule has 0 saturated carbocycles. The fourth-order valence-corrected chi connectivity index (χ4v) is 4.51. The number of amides is 3. The number of nitrogens with zero attached hydrogens (tertiary/aromatic N) is 3. The van der Waals surface area contributed by atoms with Crippen molar-refractivity contribution in [3.05, 3.63) is 59.7 Å². The first-order chi connectivity index (χ1) is 16.1. The number of rotatable bonds is 4. The van der Waals surface area contributed by atoms with Crippen LogP contribution in [0.2, 0.25) is 0 Å². The van der Waals surface area contributed by atoms with Gasteiger partial charge in [0.2, 0.25) is 6.17 Å². The first-order valence-electron chi connectivity index (χ1n) is 11.9. The summed E-state index contributed by atoms with van der Waals surface area (Å²) in [7, 11) is 0. The quantitative estimate of drug-likeness (QED) is 0.723. The second-order valence-corrected chi connectivity index (χ2v) is 8.73. The highest BCUT2D eigenvalue weighted by Crippen LogP contribution is 2.28. The number of carbonyl (C=O) groups excluding carboxylic acids is 2. The molecular weight excluding hydrogens is 414 g/mol. The van der Waals surface area contributed by atoms with Crippen LogP contribution in [0.15, 0.2) is 53.5 Å². The monoisotopic (exact) mass is 447 g/mol. The predicted octanol–water partition coefficient (Wildman–Crippen LogP) is 4.52.